The number of halogens is 1. The van der Waals surface area contributed by atoms with Crippen molar-refractivity contribution in [1.29, 1.82) is 0 Å². The highest BCUT2D eigenvalue weighted by molar-refractivity contribution is 9.09. The van der Waals surface area contributed by atoms with Crippen molar-refractivity contribution in [3.05, 3.63) is 34.9 Å². The Labute approximate surface area is 119 Å². The van der Waals surface area contributed by atoms with Crippen molar-refractivity contribution in [2.45, 2.75) is 43.7 Å². The van der Waals surface area contributed by atoms with Crippen molar-refractivity contribution < 1.29 is 8.42 Å². The standard InChI is InChI=1S/C14H21BrO2S/c1-5-11-7-8-12(6-2)13(9-11)14(15)10(3)18(4,16)17/h7-10,14H,5-6H2,1-4H3. The van der Waals surface area contributed by atoms with Crippen molar-refractivity contribution in [3.8, 4) is 0 Å². The minimum atomic E-state index is -3.04. The first kappa shape index (κ1) is 15.7. The lowest BCUT2D eigenvalue weighted by Crippen LogP contribution is -2.21. The number of benzene rings is 1. The molecule has 0 bridgehead atoms. The summed E-state index contributed by atoms with van der Waals surface area (Å²) in [5.74, 6) is 0. The van der Waals surface area contributed by atoms with Gasteiger partial charge in [0.25, 0.3) is 0 Å². The van der Waals surface area contributed by atoms with Gasteiger partial charge < -0.3 is 0 Å². The van der Waals surface area contributed by atoms with E-state index in [2.05, 4.69) is 48.0 Å². The first-order valence-corrected chi connectivity index (χ1v) is 9.12. The minimum absolute atomic E-state index is 0.144. The second kappa shape index (κ2) is 6.20. The van der Waals surface area contributed by atoms with E-state index in [0.29, 0.717) is 0 Å². The molecule has 2 atom stereocenters. The Morgan fingerprint density at radius 3 is 2.28 bits per heavy atom. The molecule has 4 heteroatoms. The van der Waals surface area contributed by atoms with Crippen molar-refractivity contribution in [1.82, 2.24) is 0 Å². The van der Waals surface area contributed by atoms with Gasteiger partial charge in [-0.05, 0) is 36.5 Å². The van der Waals surface area contributed by atoms with Crippen molar-refractivity contribution >= 4 is 25.8 Å². The summed E-state index contributed by atoms with van der Waals surface area (Å²) in [7, 11) is -3.04. The zero-order valence-electron chi connectivity index (χ0n) is 11.4. The fourth-order valence-electron chi connectivity index (χ4n) is 1.91. The van der Waals surface area contributed by atoms with Crippen molar-refractivity contribution in [3.63, 3.8) is 0 Å². The van der Waals surface area contributed by atoms with Gasteiger partial charge in [0.15, 0.2) is 9.84 Å². The molecule has 1 rings (SSSR count). The van der Waals surface area contributed by atoms with Gasteiger partial charge >= 0.3 is 0 Å². The first-order valence-electron chi connectivity index (χ1n) is 6.25. The molecule has 0 heterocycles. The Balaban J connectivity index is 3.22. The van der Waals surface area contributed by atoms with Gasteiger partial charge in [-0.2, -0.15) is 0 Å². The van der Waals surface area contributed by atoms with Crippen LogP contribution in [0.2, 0.25) is 0 Å². The second-order valence-corrected chi connectivity index (χ2v) is 8.07. The molecule has 18 heavy (non-hydrogen) atoms. The molecule has 1 aromatic carbocycles. The Morgan fingerprint density at radius 2 is 1.83 bits per heavy atom. The number of alkyl halides is 1. The zero-order valence-corrected chi connectivity index (χ0v) is 13.8. The third-order valence-corrected chi connectivity index (χ3v) is 6.64. The molecule has 0 spiro atoms. The average molecular weight is 333 g/mol. The summed E-state index contributed by atoms with van der Waals surface area (Å²) in [4.78, 5) is -0.144. The smallest absolute Gasteiger partial charge is 0.151 e. The molecule has 0 N–H and O–H groups in total. The third-order valence-electron chi connectivity index (χ3n) is 3.38. The Bertz CT molecular complexity index is 509. The van der Waals surface area contributed by atoms with E-state index in [9.17, 15) is 8.42 Å². The molecule has 0 saturated heterocycles. The van der Waals surface area contributed by atoms with Crippen LogP contribution in [0, 0.1) is 0 Å². The van der Waals surface area contributed by atoms with Crippen LogP contribution >= 0.6 is 15.9 Å². The molecule has 0 aromatic heterocycles. The molecule has 0 aliphatic rings. The predicted molar refractivity (Wildman–Crippen MR) is 81.2 cm³/mol. The van der Waals surface area contributed by atoms with E-state index in [4.69, 9.17) is 0 Å². The van der Waals surface area contributed by atoms with Crippen molar-refractivity contribution in [2.24, 2.45) is 0 Å². The predicted octanol–water partition coefficient (Wildman–Crippen LogP) is 3.68. The molecular weight excluding hydrogens is 312 g/mol. The average Bonchev–Trinajstić information content (AvgIpc) is 2.35. The van der Waals surface area contributed by atoms with Gasteiger partial charge in [-0.15, -0.1) is 0 Å². The number of rotatable bonds is 5. The maximum Gasteiger partial charge on any atom is 0.151 e. The van der Waals surface area contributed by atoms with Crippen LogP contribution < -0.4 is 0 Å². The van der Waals surface area contributed by atoms with Crippen LogP contribution in [-0.4, -0.2) is 19.9 Å². The van der Waals surface area contributed by atoms with E-state index in [-0.39, 0.29) is 4.83 Å². The second-order valence-electron chi connectivity index (χ2n) is 4.68. The number of hydrogen-bond donors (Lipinski definition) is 0. The topological polar surface area (TPSA) is 34.1 Å². The number of aryl methyl sites for hydroxylation is 2. The molecule has 0 amide bonds. The Kier molecular flexibility index (Phi) is 5.41. The quantitative estimate of drug-likeness (QED) is 0.771. The fraction of sp³-hybridized carbons (Fsp3) is 0.571. The van der Waals surface area contributed by atoms with Gasteiger partial charge in [-0.1, -0.05) is 48.0 Å². The molecule has 2 unspecified atom stereocenters. The summed E-state index contributed by atoms with van der Waals surface area (Å²) < 4.78 is 23.3. The highest BCUT2D eigenvalue weighted by Crippen LogP contribution is 2.33. The van der Waals surface area contributed by atoms with E-state index in [1.807, 2.05) is 0 Å². The van der Waals surface area contributed by atoms with Gasteiger partial charge in [0.05, 0.1) is 10.1 Å². The zero-order chi connectivity index (χ0) is 13.9. The molecule has 0 radical (unpaired) electrons. The van der Waals surface area contributed by atoms with Gasteiger partial charge in [0.1, 0.15) is 0 Å². The molecule has 2 nitrogen and oxygen atoms in total. The van der Waals surface area contributed by atoms with Gasteiger partial charge in [0.2, 0.25) is 0 Å². The summed E-state index contributed by atoms with van der Waals surface area (Å²) >= 11 is 3.56. The van der Waals surface area contributed by atoms with Gasteiger partial charge in [0, 0.05) is 6.26 Å². The lowest BCUT2D eigenvalue weighted by Gasteiger charge is -2.20. The van der Waals surface area contributed by atoms with Crippen molar-refractivity contribution in [2.75, 3.05) is 6.26 Å². The Morgan fingerprint density at radius 1 is 1.22 bits per heavy atom. The van der Waals surface area contributed by atoms with Gasteiger partial charge in [-0.3, -0.25) is 0 Å². The monoisotopic (exact) mass is 332 g/mol. The largest absolute Gasteiger partial charge is 0.229 e. The van der Waals surface area contributed by atoms with Crippen LogP contribution in [0.4, 0.5) is 0 Å². The summed E-state index contributed by atoms with van der Waals surface area (Å²) in [6, 6.07) is 6.35. The third kappa shape index (κ3) is 3.58. The number of sulfone groups is 1. The maximum absolute atomic E-state index is 11.7. The maximum atomic E-state index is 11.7. The highest BCUT2D eigenvalue weighted by Gasteiger charge is 2.26. The normalized spacial score (nSPS) is 15.4. The summed E-state index contributed by atoms with van der Waals surface area (Å²) in [6.45, 7) is 5.95. The van der Waals surface area contributed by atoms with Crippen LogP contribution in [0.3, 0.4) is 0 Å². The molecule has 1 aromatic rings. The molecule has 0 aliphatic heterocycles. The van der Waals surface area contributed by atoms with E-state index in [1.54, 1.807) is 6.92 Å². The van der Waals surface area contributed by atoms with E-state index < -0.39 is 15.1 Å². The summed E-state index contributed by atoms with van der Waals surface area (Å²) in [6.07, 6.45) is 3.17. The highest BCUT2D eigenvalue weighted by atomic mass is 79.9. The fourth-order valence-corrected chi connectivity index (χ4v) is 4.10. The van der Waals surface area contributed by atoms with E-state index in [0.717, 1.165) is 18.4 Å². The molecule has 0 saturated carbocycles. The van der Waals surface area contributed by atoms with E-state index in [1.165, 1.54) is 17.4 Å². The minimum Gasteiger partial charge on any atom is -0.229 e. The van der Waals surface area contributed by atoms with Crippen LogP contribution in [0.25, 0.3) is 0 Å². The molecular formula is C14H21BrO2S. The SMILES string of the molecule is CCc1ccc(CC)c(C(Br)C(C)S(C)(=O)=O)c1. The van der Waals surface area contributed by atoms with Crippen LogP contribution in [0.1, 0.15) is 42.3 Å². The van der Waals surface area contributed by atoms with Gasteiger partial charge in [-0.25, -0.2) is 8.42 Å². The summed E-state index contributed by atoms with van der Waals surface area (Å²) in [5.41, 5.74) is 3.56. The Hall–Kier alpha value is -0.350. The van der Waals surface area contributed by atoms with Crippen LogP contribution in [0.15, 0.2) is 18.2 Å². The molecule has 0 aliphatic carbocycles. The lowest BCUT2D eigenvalue weighted by atomic mass is 9.97. The van der Waals surface area contributed by atoms with Crippen LogP contribution in [0.5, 0.6) is 0 Å². The van der Waals surface area contributed by atoms with Crippen LogP contribution in [-0.2, 0) is 22.7 Å². The summed E-state index contributed by atoms with van der Waals surface area (Å²) in [5, 5.41) is -0.421. The molecule has 0 fully saturated rings. The number of hydrogen-bond acceptors (Lipinski definition) is 2. The first-order chi connectivity index (χ1) is 8.31. The lowest BCUT2D eigenvalue weighted by molar-refractivity contribution is 0.588. The molecule has 102 valence electrons. The van der Waals surface area contributed by atoms with E-state index >= 15 is 0 Å².